The number of para-hydroxylation sites is 1. The summed E-state index contributed by atoms with van der Waals surface area (Å²) in [6, 6.07) is 21.6. The SMILES string of the molecule is O=C(CSc1nnc(NC(=O)c2ccc(-c3ccccc3)cc2)s1)Nc1ccccc1C(F)(F)F. The zero-order chi connectivity index (χ0) is 24.8. The number of carbonyl (C=O) groups excluding carboxylic acids is 2. The Bertz CT molecular complexity index is 1330. The zero-order valence-corrected chi connectivity index (χ0v) is 19.5. The molecule has 11 heteroatoms. The number of carbonyl (C=O) groups is 2. The summed E-state index contributed by atoms with van der Waals surface area (Å²) in [5, 5.41) is 13.0. The Morgan fingerprint density at radius 1 is 0.829 bits per heavy atom. The second-order valence-electron chi connectivity index (χ2n) is 7.15. The molecule has 1 aromatic heterocycles. The number of nitrogens with zero attached hydrogens (tertiary/aromatic N) is 2. The van der Waals surface area contributed by atoms with Crippen LogP contribution < -0.4 is 10.6 Å². The van der Waals surface area contributed by atoms with Crippen LogP contribution in [0.15, 0.2) is 83.2 Å². The fourth-order valence-electron chi connectivity index (χ4n) is 3.09. The Kier molecular flexibility index (Phi) is 7.47. The number of anilines is 2. The second-order valence-corrected chi connectivity index (χ2v) is 9.35. The monoisotopic (exact) mass is 514 g/mol. The van der Waals surface area contributed by atoms with Gasteiger partial charge in [0.15, 0.2) is 4.34 Å². The minimum Gasteiger partial charge on any atom is -0.325 e. The first kappa shape index (κ1) is 24.4. The highest BCUT2D eigenvalue weighted by Gasteiger charge is 2.33. The maximum atomic E-state index is 13.1. The lowest BCUT2D eigenvalue weighted by Crippen LogP contribution is -2.18. The first-order valence-electron chi connectivity index (χ1n) is 10.2. The van der Waals surface area contributed by atoms with Crippen molar-refractivity contribution < 1.29 is 22.8 Å². The topological polar surface area (TPSA) is 84.0 Å². The number of rotatable bonds is 7. The number of halogens is 3. The normalized spacial score (nSPS) is 11.2. The molecule has 4 aromatic rings. The number of benzene rings is 3. The van der Waals surface area contributed by atoms with Crippen molar-refractivity contribution in [1.82, 2.24) is 10.2 Å². The third-order valence-corrected chi connectivity index (χ3v) is 6.69. The summed E-state index contributed by atoms with van der Waals surface area (Å²) < 4.78 is 39.6. The van der Waals surface area contributed by atoms with Crippen molar-refractivity contribution in [2.75, 3.05) is 16.4 Å². The van der Waals surface area contributed by atoms with Gasteiger partial charge in [0.1, 0.15) is 0 Å². The molecule has 0 fully saturated rings. The van der Waals surface area contributed by atoms with Crippen LogP contribution in [0.25, 0.3) is 11.1 Å². The van der Waals surface area contributed by atoms with E-state index in [9.17, 15) is 22.8 Å². The molecule has 0 spiro atoms. The smallest absolute Gasteiger partial charge is 0.325 e. The molecule has 0 aliphatic heterocycles. The van der Waals surface area contributed by atoms with Gasteiger partial charge in [0, 0.05) is 5.56 Å². The molecule has 1 heterocycles. The number of thioether (sulfide) groups is 1. The van der Waals surface area contributed by atoms with Crippen LogP contribution in [0.4, 0.5) is 24.0 Å². The quantitative estimate of drug-likeness (QED) is 0.226. The van der Waals surface area contributed by atoms with Gasteiger partial charge in [0.25, 0.3) is 5.91 Å². The Balaban J connectivity index is 1.31. The van der Waals surface area contributed by atoms with Gasteiger partial charge in [-0.15, -0.1) is 10.2 Å². The molecule has 0 unspecified atom stereocenters. The molecular formula is C24H17F3N4O2S2. The molecular weight excluding hydrogens is 497 g/mol. The van der Waals surface area contributed by atoms with Crippen molar-refractivity contribution in [3.63, 3.8) is 0 Å². The molecule has 2 amide bonds. The van der Waals surface area contributed by atoms with Gasteiger partial charge in [-0.05, 0) is 35.4 Å². The Hall–Kier alpha value is -3.70. The second kappa shape index (κ2) is 10.7. The lowest BCUT2D eigenvalue weighted by atomic mass is 10.0. The van der Waals surface area contributed by atoms with Gasteiger partial charge in [-0.3, -0.25) is 14.9 Å². The van der Waals surface area contributed by atoms with E-state index in [1.807, 2.05) is 42.5 Å². The predicted molar refractivity (Wildman–Crippen MR) is 131 cm³/mol. The van der Waals surface area contributed by atoms with Gasteiger partial charge >= 0.3 is 6.18 Å². The minimum absolute atomic E-state index is 0.171. The van der Waals surface area contributed by atoms with Crippen molar-refractivity contribution in [2.24, 2.45) is 0 Å². The Morgan fingerprint density at radius 2 is 1.49 bits per heavy atom. The van der Waals surface area contributed by atoms with Crippen LogP contribution in [0.1, 0.15) is 15.9 Å². The van der Waals surface area contributed by atoms with Crippen molar-refractivity contribution in [3.05, 3.63) is 90.0 Å². The van der Waals surface area contributed by atoms with Crippen LogP contribution in [-0.2, 0) is 11.0 Å². The average Bonchev–Trinajstić information content (AvgIpc) is 3.30. The van der Waals surface area contributed by atoms with Crippen LogP contribution in [-0.4, -0.2) is 27.8 Å². The summed E-state index contributed by atoms with van der Waals surface area (Å²) in [6.07, 6.45) is -4.58. The third-order valence-electron chi connectivity index (χ3n) is 4.71. The fraction of sp³-hybridized carbons (Fsp3) is 0.0833. The molecule has 0 radical (unpaired) electrons. The van der Waals surface area contributed by atoms with Crippen molar-refractivity contribution in [1.29, 1.82) is 0 Å². The van der Waals surface area contributed by atoms with Crippen molar-refractivity contribution in [3.8, 4) is 11.1 Å². The lowest BCUT2D eigenvalue weighted by Gasteiger charge is -2.13. The molecule has 3 aromatic carbocycles. The van der Waals surface area contributed by atoms with Crippen LogP contribution in [0.2, 0.25) is 0 Å². The van der Waals surface area contributed by atoms with E-state index < -0.39 is 17.6 Å². The Morgan fingerprint density at radius 3 is 2.20 bits per heavy atom. The molecule has 0 aliphatic carbocycles. The summed E-state index contributed by atoms with van der Waals surface area (Å²) >= 11 is 2.07. The van der Waals surface area contributed by atoms with E-state index in [2.05, 4.69) is 20.8 Å². The summed E-state index contributed by atoms with van der Waals surface area (Å²) in [6.45, 7) is 0. The largest absolute Gasteiger partial charge is 0.418 e. The van der Waals surface area contributed by atoms with Crippen LogP contribution in [0.5, 0.6) is 0 Å². The van der Waals surface area contributed by atoms with Crippen LogP contribution in [0, 0.1) is 0 Å². The van der Waals surface area contributed by atoms with Gasteiger partial charge in [-0.2, -0.15) is 13.2 Å². The maximum Gasteiger partial charge on any atom is 0.418 e. The highest BCUT2D eigenvalue weighted by atomic mass is 32.2. The molecule has 6 nitrogen and oxygen atoms in total. The molecule has 178 valence electrons. The van der Waals surface area contributed by atoms with Gasteiger partial charge in [0.05, 0.1) is 17.0 Å². The number of alkyl halides is 3. The molecule has 2 N–H and O–H groups in total. The molecule has 35 heavy (non-hydrogen) atoms. The summed E-state index contributed by atoms with van der Waals surface area (Å²) in [7, 11) is 0. The van der Waals surface area contributed by atoms with E-state index in [0.29, 0.717) is 9.90 Å². The summed E-state index contributed by atoms with van der Waals surface area (Å²) in [5.74, 6) is -1.15. The molecule has 4 rings (SSSR count). The number of amides is 2. The zero-order valence-electron chi connectivity index (χ0n) is 17.9. The van der Waals surface area contributed by atoms with Gasteiger partial charge in [-0.1, -0.05) is 77.7 Å². The van der Waals surface area contributed by atoms with E-state index in [4.69, 9.17) is 0 Å². The number of hydrogen-bond donors (Lipinski definition) is 2. The first-order valence-corrected chi connectivity index (χ1v) is 12.0. The average molecular weight is 515 g/mol. The van der Waals surface area contributed by atoms with Crippen LogP contribution in [0.3, 0.4) is 0 Å². The maximum absolute atomic E-state index is 13.1. The number of aromatic nitrogens is 2. The Labute approximate surface area is 206 Å². The molecule has 0 saturated heterocycles. The fourth-order valence-corrected chi connectivity index (χ4v) is 4.63. The van der Waals surface area contributed by atoms with E-state index in [0.717, 1.165) is 40.3 Å². The third kappa shape index (κ3) is 6.46. The van der Waals surface area contributed by atoms with Gasteiger partial charge in [-0.25, -0.2) is 0 Å². The minimum atomic E-state index is -4.58. The number of nitrogens with one attached hydrogen (secondary N) is 2. The van der Waals surface area contributed by atoms with Gasteiger partial charge < -0.3 is 5.32 Å². The van der Waals surface area contributed by atoms with E-state index in [1.165, 1.54) is 18.2 Å². The summed E-state index contributed by atoms with van der Waals surface area (Å²) in [5.41, 5.74) is 1.23. The molecule has 0 atom stereocenters. The van der Waals surface area contributed by atoms with Gasteiger partial charge in [0.2, 0.25) is 11.0 Å². The molecule has 0 aliphatic rings. The lowest BCUT2D eigenvalue weighted by molar-refractivity contribution is -0.137. The standard InChI is InChI=1S/C24H17F3N4O2S2/c25-24(26,27)18-8-4-5-9-19(18)28-20(32)14-34-23-31-30-22(35-23)29-21(33)17-12-10-16(11-13-17)15-6-2-1-3-7-15/h1-13H,14H2,(H,28,32)(H,29,30,33). The highest BCUT2D eigenvalue weighted by molar-refractivity contribution is 8.01. The molecule has 0 bridgehead atoms. The van der Waals surface area contributed by atoms with Crippen molar-refractivity contribution in [2.45, 2.75) is 10.5 Å². The molecule has 0 saturated carbocycles. The van der Waals surface area contributed by atoms with Crippen molar-refractivity contribution >= 4 is 45.7 Å². The van der Waals surface area contributed by atoms with E-state index in [1.54, 1.807) is 12.1 Å². The number of hydrogen-bond acceptors (Lipinski definition) is 6. The first-order chi connectivity index (χ1) is 16.8. The summed E-state index contributed by atoms with van der Waals surface area (Å²) in [4.78, 5) is 24.7. The predicted octanol–water partition coefficient (Wildman–Crippen LogP) is 6.21. The highest BCUT2D eigenvalue weighted by Crippen LogP contribution is 2.35. The van der Waals surface area contributed by atoms with E-state index >= 15 is 0 Å². The van der Waals surface area contributed by atoms with Crippen LogP contribution >= 0.6 is 23.1 Å². The van der Waals surface area contributed by atoms with E-state index in [-0.39, 0.29) is 22.5 Å².